The molecule has 1 aliphatic heterocycles. The fraction of sp³-hybridized carbons (Fsp3) is 0.462. The Morgan fingerprint density at radius 1 is 1.06 bits per heavy atom. The molecule has 34 heavy (non-hydrogen) atoms. The van der Waals surface area contributed by atoms with Crippen LogP contribution in [0.2, 0.25) is 0 Å². The van der Waals surface area contributed by atoms with E-state index in [1.165, 1.54) is 12.1 Å². The first kappa shape index (κ1) is 23.9. The highest BCUT2D eigenvalue weighted by atomic mass is 19.1. The fourth-order valence-electron chi connectivity index (χ4n) is 4.90. The Labute approximate surface area is 199 Å². The fourth-order valence-corrected chi connectivity index (χ4v) is 4.90. The highest BCUT2D eigenvalue weighted by Gasteiger charge is 2.34. The van der Waals surface area contributed by atoms with Gasteiger partial charge in [-0.2, -0.15) is 0 Å². The van der Waals surface area contributed by atoms with Crippen molar-refractivity contribution in [3.05, 3.63) is 58.9 Å². The van der Waals surface area contributed by atoms with Crippen LogP contribution in [0, 0.1) is 5.82 Å². The van der Waals surface area contributed by atoms with E-state index in [0.29, 0.717) is 24.5 Å². The van der Waals surface area contributed by atoms with Crippen LogP contribution in [0.25, 0.3) is 0 Å². The van der Waals surface area contributed by atoms with Gasteiger partial charge in [-0.25, -0.2) is 9.18 Å². The first-order valence-corrected chi connectivity index (χ1v) is 11.8. The number of methoxy groups -OCH3 is 2. The minimum Gasteiger partial charge on any atom is -0.493 e. The van der Waals surface area contributed by atoms with Crippen molar-refractivity contribution in [2.75, 3.05) is 20.8 Å². The topological polar surface area (TPSA) is 79.9 Å². The molecule has 1 saturated carbocycles. The van der Waals surface area contributed by atoms with Crippen LogP contribution in [0.5, 0.6) is 11.5 Å². The SMILES string of the molecule is COc1cc2c(cc1OC)[C@H](c1ccc(F)cc1)N(C(=O)N[C@H](C)C(=O)NC1CCCC1)CC2. The van der Waals surface area contributed by atoms with Gasteiger partial charge in [0.05, 0.1) is 20.3 Å². The van der Waals surface area contributed by atoms with Crippen LogP contribution in [0.4, 0.5) is 9.18 Å². The third-order valence-electron chi connectivity index (χ3n) is 6.76. The summed E-state index contributed by atoms with van der Waals surface area (Å²) in [6.45, 7) is 2.13. The van der Waals surface area contributed by atoms with E-state index in [4.69, 9.17) is 9.47 Å². The molecule has 1 fully saturated rings. The number of hydrogen-bond donors (Lipinski definition) is 2. The quantitative estimate of drug-likeness (QED) is 0.672. The monoisotopic (exact) mass is 469 g/mol. The maximum Gasteiger partial charge on any atom is 0.318 e. The first-order valence-electron chi connectivity index (χ1n) is 11.8. The van der Waals surface area contributed by atoms with Gasteiger partial charge in [0.15, 0.2) is 11.5 Å². The largest absolute Gasteiger partial charge is 0.493 e. The van der Waals surface area contributed by atoms with Crippen LogP contribution in [0.15, 0.2) is 36.4 Å². The summed E-state index contributed by atoms with van der Waals surface area (Å²) in [6, 6.07) is 8.64. The zero-order valence-electron chi connectivity index (χ0n) is 19.9. The number of benzene rings is 2. The Morgan fingerprint density at radius 3 is 2.35 bits per heavy atom. The number of hydrogen-bond acceptors (Lipinski definition) is 4. The normalized spacial score (nSPS) is 18.7. The molecule has 2 aromatic rings. The predicted octanol–water partition coefficient (Wildman–Crippen LogP) is 3.95. The number of carbonyl (C=O) groups excluding carboxylic acids is 2. The van der Waals surface area contributed by atoms with Crippen molar-refractivity contribution in [1.82, 2.24) is 15.5 Å². The van der Waals surface area contributed by atoms with Crippen LogP contribution in [-0.2, 0) is 11.2 Å². The molecule has 2 N–H and O–H groups in total. The van der Waals surface area contributed by atoms with Crippen molar-refractivity contribution >= 4 is 11.9 Å². The van der Waals surface area contributed by atoms with Gasteiger partial charge in [-0.15, -0.1) is 0 Å². The number of halogens is 1. The lowest BCUT2D eigenvalue weighted by molar-refractivity contribution is -0.123. The molecule has 1 heterocycles. The zero-order chi connectivity index (χ0) is 24.2. The summed E-state index contributed by atoms with van der Waals surface area (Å²) in [5.74, 6) is 0.650. The van der Waals surface area contributed by atoms with Gasteiger partial charge in [-0.05, 0) is 67.1 Å². The Hall–Kier alpha value is -3.29. The van der Waals surface area contributed by atoms with E-state index in [-0.39, 0.29) is 23.8 Å². The number of fused-ring (bicyclic) bond motifs is 1. The minimum absolute atomic E-state index is 0.178. The molecule has 0 radical (unpaired) electrons. The molecular formula is C26H32FN3O4. The van der Waals surface area contributed by atoms with Crippen molar-refractivity contribution in [2.45, 2.75) is 57.2 Å². The van der Waals surface area contributed by atoms with Gasteiger partial charge in [-0.3, -0.25) is 4.79 Å². The molecule has 2 aliphatic rings. The number of carbonyl (C=O) groups is 2. The number of urea groups is 1. The van der Waals surface area contributed by atoms with E-state index in [1.807, 2.05) is 12.1 Å². The Kier molecular flexibility index (Phi) is 7.24. The second kappa shape index (κ2) is 10.3. The van der Waals surface area contributed by atoms with Crippen LogP contribution < -0.4 is 20.1 Å². The van der Waals surface area contributed by atoms with E-state index in [9.17, 15) is 14.0 Å². The summed E-state index contributed by atoms with van der Waals surface area (Å²) in [4.78, 5) is 27.7. The summed E-state index contributed by atoms with van der Waals surface area (Å²) < 4.78 is 24.6. The van der Waals surface area contributed by atoms with E-state index in [1.54, 1.807) is 38.2 Å². The lowest BCUT2D eigenvalue weighted by Gasteiger charge is -2.38. The Balaban J connectivity index is 1.61. The average Bonchev–Trinajstić information content (AvgIpc) is 3.35. The maximum absolute atomic E-state index is 13.7. The molecule has 0 aromatic heterocycles. The van der Waals surface area contributed by atoms with E-state index in [0.717, 1.165) is 42.4 Å². The lowest BCUT2D eigenvalue weighted by Crippen LogP contribution is -2.53. The first-order chi connectivity index (χ1) is 16.4. The van der Waals surface area contributed by atoms with Gasteiger partial charge in [0.25, 0.3) is 0 Å². The smallest absolute Gasteiger partial charge is 0.318 e. The molecule has 2 aromatic carbocycles. The Bertz CT molecular complexity index is 1040. The number of nitrogens with zero attached hydrogens (tertiary/aromatic N) is 1. The van der Waals surface area contributed by atoms with Crippen molar-refractivity contribution in [1.29, 1.82) is 0 Å². The van der Waals surface area contributed by atoms with E-state index < -0.39 is 12.1 Å². The van der Waals surface area contributed by atoms with Crippen LogP contribution in [0.1, 0.15) is 55.3 Å². The standard InChI is InChI=1S/C26H32FN3O4/c1-16(25(31)29-20-6-4-5-7-20)28-26(32)30-13-12-18-14-22(33-2)23(34-3)15-21(18)24(30)17-8-10-19(27)11-9-17/h8-11,14-16,20,24H,4-7,12-13H2,1-3H3,(H,28,32)(H,29,31)/t16-,24+/m1/s1. The van der Waals surface area contributed by atoms with Crippen LogP contribution >= 0.6 is 0 Å². The number of amides is 3. The van der Waals surface area contributed by atoms with Gasteiger partial charge >= 0.3 is 6.03 Å². The number of ether oxygens (including phenoxy) is 2. The summed E-state index contributed by atoms with van der Waals surface area (Å²) >= 11 is 0. The van der Waals surface area contributed by atoms with E-state index in [2.05, 4.69) is 10.6 Å². The molecule has 182 valence electrons. The van der Waals surface area contributed by atoms with Gasteiger partial charge in [0.2, 0.25) is 5.91 Å². The minimum atomic E-state index is -0.672. The molecule has 2 atom stereocenters. The number of rotatable bonds is 6. The highest BCUT2D eigenvalue weighted by molar-refractivity contribution is 5.87. The molecule has 0 spiro atoms. The molecule has 8 heteroatoms. The zero-order valence-corrected chi connectivity index (χ0v) is 19.9. The third kappa shape index (κ3) is 4.95. The molecule has 4 rings (SSSR count). The highest BCUT2D eigenvalue weighted by Crippen LogP contribution is 2.41. The lowest BCUT2D eigenvalue weighted by atomic mass is 9.88. The van der Waals surface area contributed by atoms with Gasteiger partial charge in [0.1, 0.15) is 11.9 Å². The predicted molar refractivity (Wildman–Crippen MR) is 127 cm³/mol. The maximum atomic E-state index is 13.7. The van der Waals surface area contributed by atoms with Gasteiger partial charge in [-0.1, -0.05) is 25.0 Å². The van der Waals surface area contributed by atoms with Crippen molar-refractivity contribution in [3.63, 3.8) is 0 Å². The van der Waals surface area contributed by atoms with Gasteiger partial charge in [0, 0.05) is 12.6 Å². The molecule has 1 aliphatic carbocycles. The molecule has 7 nitrogen and oxygen atoms in total. The summed E-state index contributed by atoms with van der Waals surface area (Å²) in [7, 11) is 3.15. The molecule has 3 amide bonds. The number of nitrogens with one attached hydrogen (secondary N) is 2. The third-order valence-corrected chi connectivity index (χ3v) is 6.76. The van der Waals surface area contributed by atoms with Crippen LogP contribution in [-0.4, -0.2) is 49.7 Å². The second-order valence-electron chi connectivity index (χ2n) is 8.96. The molecular weight excluding hydrogens is 437 g/mol. The van der Waals surface area contributed by atoms with Crippen LogP contribution in [0.3, 0.4) is 0 Å². The average molecular weight is 470 g/mol. The summed E-state index contributed by atoms with van der Waals surface area (Å²) in [5, 5.41) is 5.90. The summed E-state index contributed by atoms with van der Waals surface area (Å²) in [6.07, 6.45) is 4.81. The van der Waals surface area contributed by atoms with Crippen molar-refractivity contribution < 1.29 is 23.5 Å². The Morgan fingerprint density at radius 2 is 1.71 bits per heavy atom. The molecule has 0 bridgehead atoms. The molecule has 0 saturated heterocycles. The van der Waals surface area contributed by atoms with Gasteiger partial charge < -0.3 is 25.0 Å². The summed E-state index contributed by atoms with van der Waals surface area (Å²) in [5.41, 5.74) is 2.68. The van der Waals surface area contributed by atoms with E-state index >= 15 is 0 Å². The van der Waals surface area contributed by atoms with Crippen molar-refractivity contribution in [3.8, 4) is 11.5 Å². The molecule has 0 unspecified atom stereocenters. The second-order valence-corrected chi connectivity index (χ2v) is 8.96. The van der Waals surface area contributed by atoms with Crippen molar-refractivity contribution in [2.24, 2.45) is 0 Å².